The summed E-state index contributed by atoms with van der Waals surface area (Å²) in [5.74, 6) is -0.518. The lowest BCUT2D eigenvalue weighted by atomic mass is 10.0. The molecule has 0 aromatic heterocycles. The Labute approximate surface area is 190 Å². The van der Waals surface area contributed by atoms with Crippen molar-refractivity contribution in [3.8, 4) is 0 Å². The predicted octanol–water partition coefficient (Wildman–Crippen LogP) is 5.47. The minimum Gasteiger partial charge on any atom is -0.224 e. The summed E-state index contributed by atoms with van der Waals surface area (Å²) < 4.78 is 51.0. The molecule has 3 rings (SSSR count). The zero-order valence-electron chi connectivity index (χ0n) is 18.1. The number of benzene rings is 3. The van der Waals surface area contributed by atoms with Crippen LogP contribution >= 0.6 is 0 Å². The van der Waals surface area contributed by atoms with Gasteiger partial charge in [0.05, 0.1) is 11.5 Å². The largest absolute Gasteiger partial charge is 0.224 e. The molecule has 0 atom stereocenters. The summed E-state index contributed by atoms with van der Waals surface area (Å²) in [6.07, 6.45) is 3.10. The molecule has 3 aromatic carbocycles. The van der Waals surface area contributed by atoms with Crippen molar-refractivity contribution in [1.82, 2.24) is 0 Å². The number of hydrogen-bond donors (Lipinski definition) is 0. The van der Waals surface area contributed by atoms with Gasteiger partial charge in [-0.1, -0.05) is 72.8 Å². The molecule has 0 radical (unpaired) electrons. The van der Waals surface area contributed by atoms with Gasteiger partial charge >= 0.3 is 0 Å². The molecule has 32 heavy (non-hydrogen) atoms. The maximum atomic E-state index is 12.7. The Morgan fingerprint density at radius 2 is 0.938 bits per heavy atom. The molecule has 6 heteroatoms. The van der Waals surface area contributed by atoms with Gasteiger partial charge < -0.3 is 0 Å². The number of aryl methyl sites for hydroxylation is 2. The Bertz CT molecular complexity index is 1230. The second-order valence-electron chi connectivity index (χ2n) is 7.75. The molecule has 3 aromatic rings. The Morgan fingerprint density at radius 1 is 0.594 bits per heavy atom. The van der Waals surface area contributed by atoms with E-state index in [4.69, 9.17) is 0 Å². The minimum absolute atomic E-state index is 0.259. The molecule has 0 amide bonds. The highest BCUT2D eigenvalue weighted by atomic mass is 32.2. The maximum Gasteiger partial charge on any atom is 0.175 e. The van der Waals surface area contributed by atoms with Gasteiger partial charge in [-0.25, -0.2) is 16.8 Å². The Morgan fingerprint density at radius 3 is 1.28 bits per heavy atom. The first-order chi connectivity index (χ1) is 15.1. The SMILES string of the molecule is Cc1cc(CS(=O)(=O)C=Cc2ccccc2)c(CS(=O)(=O)C=Cc2ccccc2)cc1C. The molecule has 0 saturated carbocycles. The standard InChI is InChI=1S/C26H26O4S2/c1-21-17-25(19-31(27,28)15-13-23-9-5-3-6-10-23)26(18-22(21)2)20-32(29,30)16-14-24-11-7-4-8-12-24/h3-18H,19-20H2,1-2H3. The van der Waals surface area contributed by atoms with Crippen LogP contribution in [-0.2, 0) is 31.2 Å². The normalized spacial score (nSPS) is 12.6. The number of rotatable bonds is 8. The van der Waals surface area contributed by atoms with Gasteiger partial charge in [0, 0.05) is 10.8 Å². The van der Waals surface area contributed by atoms with E-state index < -0.39 is 19.7 Å². The molecule has 0 spiro atoms. The van der Waals surface area contributed by atoms with E-state index in [1.165, 1.54) is 10.8 Å². The van der Waals surface area contributed by atoms with Gasteiger partial charge in [0.2, 0.25) is 0 Å². The first-order valence-corrected chi connectivity index (χ1v) is 13.6. The van der Waals surface area contributed by atoms with Crippen LogP contribution in [0.5, 0.6) is 0 Å². The van der Waals surface area contributed by atoms with Crippen molar-refractivity contribution in [2.45, 2.75) is 25.4 Å². The van der Waals surface area contributed by atoms with Gasteiger partial charge in [-0.3, -0.25) is 0 Å². The van der Waals surface area contributed by atoms with E-state index in [1.807, 2.05) is 74.5 Å². The molecular weight excluding hydrogens is 440 g/mol. The highest BCUT2D eigenvalue weighted by Gasteiger charge is 2.17. The van der Waals surface area contributed by atoms with Crippen molar-refractivity contribution in [3.63, 3.8) is 0 Å². The summed E-state index contributed by atoms with van der Waals surface area (Å²) in [4.78, 5) is 0. The molecule has 0 saturated heterocycles. The van der Waals surface area contributed by atoms with E-state index in [0.29, 0.717) is 11.1 Å². The van der Waals surface area contributed by atoms with Crippen LogP contribution in [-0.4, -0.2) is 16.8 Å². The summed E-state index contributed by atoms with van der Waals surface area (Å²) in [6.45, 7) is 3.78. The van der Waals surface area contributed by atoms with Gasteiger partial charge in [-0.05, 0) is 59.4 Å². The first kappa shape index (κ1) is 23.7. The van der Waals surface area contributed by atoms with Crippen molar-refractivity contribution in [3.05, 3.63) is 117 Å². The minimum atomic E-state index is -3.59. The van der Waals surface area contributed by atoms with Gasteiger partial charge in [0.1, 0.15) is 0 Å². The van der Waals surface area contributed by atoms with E-state index in [-0.39, 0.29) is 11.5 Å². The molecule has 166 valence electrons. The van der Waals surface area contributed by atoms with Crippen LogP contribution in [0, 0.1) is 13.8 Å². The van der Waals surface area contributed by atoms with Crippen molar-refractivity contribution < 1.29 is 16.8 Å². The quantitative estimate of drug-likeness (QED) is 0.441. The summed E-state index contributed by atoms with van der Waals surface area (Å²) in [5, 5.41) is 2.37. The van der Waals surface area contributed by atoms with Crippen molar-refractivity contribution in [2.75, 3.05) is 0 Å². The molecule has 0 fully saturated rings. The molecular formula is C26H26O4S2. The number of sulfone groups is 2. The van der Waals surface area contributed by atoms with Crippen LogP contribution in [0.3, 0.4) is 0 Å². The van der Waals surface area contributed by atoms with E-state index in [2.05, 4.69) is 0 Å². The van der Waals surface area contributed by atoms with E-state index in [1.54, 1.807) is 24.3 Å². The topological polar surface area (TPSA) is 68.3 Å². The van der Waals surface area contributed by atoms with Gasteiger partial charge in [-0.2, -0.15) is 0 Å². The van der Waals surface area contributed by atoms with E-state index in [0.717, 1.165) is 22.3 Å². The van der Waals surface area contributed by atoms with Gasteiger partial charge in [0.25, 0.3) is 0 Å². The summed E-state index contributed by atoms with van der Waals surface area (Å²) >= 11 is 0. The smallest absolute Gasteiger partial charge is 0.175 e. The highest BCUT2D eigenvalue weighted by Crippen LogP contribution is 2.22. The van der Waals surface area contributed by atoms with Crippen molar-refractivity contribution in [1.29, 1.82) is 0 Å². The molecule has 4 nitrogen and oxygen atoms in total. The third-order valence-corrected chi connectivity index (χ3v) is 7.59. The fourth-order valence-electron chi connectivity index (χ4n) is 3.23. The molecule has 0 aliphatic carbocycles. The van der Waals surface area contributed by atoms with E-state index >= 15 is 0 Å². The maximum absolute atomic E-state index is 12.7. The molecule has 0 aliphatic rings. The second-order valence-corrected chi connectivity index (χ2v) is 11.5. The second kappa shape index (κ2) is 10.1. The van der Waals surface area contributed by atoms with Crippen LogP contribution in [0.1, 0.15) is 33.4 Å². The zero-order valence-corrected chi connectivity index (χ0v) is 19.7. The lowest BCUT2D eigenvalue weighted by Gasteiger charge is -2.12. The van der Waals surface area contributed by atoms with Gasteiger partial charge in [0.15, 0.2) is 19.7 Å². The highest BCUT2D eigenvalue weighted by molar-refractivity contribution is 7.94. The van der Waals surface area contributed by atoms with Crippen molar-refractivity contribution >= 4 is 31.8 Å². The third-order valence-electron chi connectivity index (χ3n) is 5.06. The fourth-order valence-corrected chi connectivity index (χ4v) is 5.55. The average Bonchev–Trinajstić information content (AvgIpc) is 2.76. The average molecular weight is 467 g/mol. The Hall–Kier alpha value is -2.96. The lowest BCUT2D eigenvalue weighted by Crippen LogP contribution is -2.08. The first-order valence-electron chi connectivity index (χ1n) is 10.1. The summed E-state index contributed by atoms with van der Waals surface area (Å²) in [6, 6.07) is 21.9. The van der Waals surface area contributed by atoms with Crippen LogP contribution in [0.4, 0.5) is 0 Å². The van der Waals surface area contributed by atoms with Crippen LogP contribution in [0.25, 0.3) is 12.2 Å². The van der Waals surface area contributed by atoms with Crippen molar-refractivity contribution in [2.24, 2.45) is 0 Å². The number of hydrogen-bond acceptors (Lipinski definition) is 4. The van der Waals surface area contributed by atoms with Gasteiger partial charge in [-0.15, -0.1) is 0 Å². The zero-order chi connectivity index (χ0) is 23.2. The molecule has 0 N–H and O–H groups in total. The molecule has 0 unspecified atom stereocenters. The predicted molar refractivity (Wildman–Crippen MR) is 132 cm³/mol. The molecule has 0 heterocycles. The van der Waals surface area contributed by atoms with E-state index in [9.17, 15) is 16.8 Å². The summed E-state index contributed by atoms with van der Waals surface area (Å²) in [7, 11) is -7.18. The van der Waals surface area contributed by atoms with Crippen LogP contribution < -0.4 is 0 Å². The third kappa shape index (κ3) is 7.04. The monoisotopic (exact) mass is 466 g/mol. The van der Waals surface area contributed by atoms with Crippen LogP contribution in [0.2, 0.25) is 0 Å². The summed E-state index contributed by atoms with van der Waals surface area (Å²) in [5.41, 5.74) is 4.41. The Kier molecular flexibility index (Phi) is 7.48. The fraction of sp³-hybridized carbons (Fsp3) is 0.154. The Balaban J connectivity index is 1.87. The van der Waals surface area contributed by atoms with Crippen LogP contribution in [0.15, 0.2) is 83.6 Å². The molecule has 0 aliphatic heterocycles. The molecule has 0 bridgehead atoms. The lowest BCUT2D eigenvalue weighted by molar-refractivity contribution is 0.600.